The molecule has 0 fully saturated rings. The molecule has 0 spiro atoms. The summed E-state index contributed by atoms with van der Waals surface area (Å²) in [5, 5.41) is 1.70. The first kappa shape index (κ1) is 25.9. The zero-order valence-electron chi connectivity index (χ0n) is 19.0. The van der Waals surface area contributed by atoms with Gasteiger partial charge in [0.1, 0.15) is 17.3 Å². The number of hydrogen-bond acceptors (Lipinski definition) is 7. The van der Waals surface area contributed by atoms with Gasteiger partial charge in [0.25, 0.3) is 0 Å². The molecule has 2 aromatic carbocycles. The Morgan fingerprint density at radius 1 is 0.882 bits per heavy atom. The minimum absolute atomic E-state index is 0.0557. The maximum absolute atomic E-state index is 12.4. The van der Waals surface area contributed by atoms with Crippen molar-refractivity contribution in [3.05, 3.63) is 104 Å². The van der Waals surface area contributed by atoms with Crippen molar-refractivity contribution in [3.63, 3.8) is 0 Å². The molecule has 34 heavy (non-hydrogen) atoms. The number of ether oxygens (including phenoxy) is 4. The van der Waals surface area contributed by atoms with Crippen LogP contribution in [-0.2, 0) is 23.8 Å². The van der Waals surface area contributed by atoms with Gasteiger partial charge in [-0.15, -0.1) is 0 Å². The summed E-state index contributed by atoms with van der Waals surface area (Å²) in [5.74, 6) is -0.878. The Morgan fingerprint density at radius 3 is 2.21 bits per heavy atom. The molecule has 0 aliphatic carbocycles. The first-order valence-corrected chi connectivity index (χ1v) is 10.3. The smallest absolute Gasteiger partial charge is 0.343 e. The summed E-state index contributed by atoms with van der Waals surface area (Å²) in [6.45, 7) is 16.2. The third-order valence-electron chi connectivity index (χ3n) is 4.27. The van der Waals surface area contributed by atoms with E-state index in [9.17, 15) is 14.4 Å². The van der Waals surface area contributed by atoms with E-state index < -0.39 is 17.9 Å². The van der Waals surface area contributed by atoms with Gasteiger partial charge >= 0.3 is 17.9 Å². The van der Waals surface area contributed by atoms with Crippen LogP contribution in [0.3, 0.4) is 0 Å². The average Bonchev–Trinajstić information content (AvgIpc) is 2.81. The third kappa shape index (κ3) is 8.27. The summed E-state index contributed by atoms with van der Waals surface area (Å²) >= 11 is 0. The summed E-state index contributed by atoms with van der Waals surface area (Å²) in [6, 6.07) is 10.6. The Morgan fingerprint density at radius 2 is 1.53 bits per heavy atom. The Balaban J connectivity index is 1.91. The van der Waals surface area contributed by atoms with Gasteiger partial charge in [0, 0.05) is 18.1 Å². The summed E-state index contributed by atoms with van der Waals surface area (Å²) < 4.78 is 20.7. The standard InChI is InChI=1S/C27H26O7/c1-6-25(28)32-15-7-14-31-24-13-12-21-16-23(11-10-22(21)17-24)27(30)34-20(5)9-8-19(4)33-26(29)18(2)3/h6,8-13,16-17H,1-2,4-5,7,14-15H2,3H3/b9-8-. The van der Waals surface area contributed by atoms with Crippen LogP contribution in [0, 0.1) is 0 Å². The fraction of sp³-hybridized carbons (Fsp3) is 0.148. The number of allylic oxidation sites excluding steroid dienone is 2. The fourth-order valence-electron chi connectivity index (χ4n) is 2.56. The Labute approximate surface area is 198 Å². The monoisotopic (exact) mass is 462 g/mol. The van der Waals surface area contributed by atoms with Crippen molar-refractivity contribution in [2.45, 2.75) is 13.3 Å². The zero-order valence-corrected chi connectivity index (χ0v) is 19.0. The van der Waals surface area contributed by atoms with Gasteiger partial charge in [0.2, 0.25) is 0 Å². The SMILES string of the molecule is C=CC(=O)OCCCOc1ccc2cc(C(=O)OC(=C)/C=C\C(=C)OC(=O)C(=C)C)ccc2c1. The van der Waals surface area contributed by atoms with Crippen molar-refractivity contribution in [2.75, 3.05) is 13.2 Å². The van der Waals surface area contributed by atoms with Gasteiger partial charge in [0.15, 0.2) is 0 Å². The van der Waals surface area contributed by atoms with E-state index in [4.69, 9.17) is 18.9 Å². The predicted octanol–water partition coefficient (Wildman–Crippen LogP) is 5.20. The van der Waals surface area contributed by atoms with Crippen molar-refractivity contribution < 1.29 is 33.3 Å². The summed E-state index contributed by atoms with van der Waals surface area (Å²) in [6.07, 6.45) is 4.39. The lowest BCUT2D eigenvalue weighted by Crippen LogP contribution is -2.06. The molecule has 0 radical (unpaired) electrons. The van der Waals surface area contributed by atoms with Crippen LogP contribution in [-0.4, -0.2) is 31.1 Å². The highest BCUT2D eigenvalue weighted by Gasteiger charge is 2.10. The van der Waals surface area contributed by atoms with Crippen molar-refractivity contribution >= 4 is 28.7 Å². The molecule has 7 heteroatoms. The van der Waals surface area contributed by atoms with Crippen LogP contribution >= 0.6 is 0 Å². The summed E-state index contributed by atoms with van der Waals surface area (Å²) in [5.41, 5.74) is 0.577. The zero-order chi connectivity index (χ0) is 25.1. The van der Waals surface area contributed by atoms with Crippen LogP contribution in [0.2, 0.25) is 0 Å². The molecule has 0 N–H and O–H groups in total. The second-order valence-electron chi connectivity index (χ2n) is 7.12. The van der Waals surface area contributed by atoms with E-state index in [-0.39, 0.29) is 23.7 Å². The van der Waals surface area contributed by atoms with E-state index >= 15 is 0 Å². The molecular formula is C27H26O7. The number of carbonyl (C=O) groups excluding carboxylic acids is 3. The Bertz CT molecular complexity index is 1170. The third-order valence-corrected chi connectivity index (χ3v) is 4.27. The molecule has 0 amide bonds. The van der Waals surface area contributed by atoms with Crippen LogP contribution in [0.1, 0.15) is 23.7 Å². The highest BCUT2D eigenvalue weighted by Crippen LogP contribution is 2.23. The van der Waals surface area contributed by atoms with Gasteiger partial charge in [-0.3, -0.25) is 0 Å². The largest absolute Gasteiger partial charge is 0.493 e. The molecule has 0 aliphatic heterocycles. The van der Waals surface area contributed by atoms with Crippen LogP contribution in [0.5, 0.6) is 5.75 Å². The van der Waals surface area contributed by atoms with Gasteiger partial charge in [0.05, 0.1) is 18.8 Å². The van der Waals surface area contributed by atoms with Gasteiger partial charge in [-0.25, -0.2) is 14.4 Å². The molecule has 0 bridgehead atoms. The molecule has 0 aromatic heterocycles. The number of carbonyl (C=O) groups is 3. The van der Waals surface area contributed by atoms with E-state index in [1.54, 1.807) is 24.3 Å². The van der Waals surface area contributed by atoms with E-state index in [0.717, 1.165) is 16.8 Å². The van der Waals surface area contributed by atoms with Gasteiger partial charge in [-0.05, 0) is 54.1 Å². The predicted molar refractivity (Wildman–Crippen MR) is 129 cm³/mol. The number of fused-ring (bicyclic) bond motifs is 1. The lowest BCUT2D eigenvalue weighted by Gasteiger charge is -2.09. The first-order chi connectivity index (χ1) is 16.2. The van der Waals surface area contributed by atoms with Crippen LogP contribution in [0.25, 0.3) is 10.8 Å². The molecule has 0 saturated heterocycles. The molecule has 176 valence electrons. The minimum Gasteiger partial charge on any atom is -0.493 e. The Hall–Kier alpha value is -4.39. The highest BCUT2D eigenvalue weighted by molar-refractivity contribution is 5.96. The van der Waals surface area contributed by atoms with E-state index in [1.165, 1.54) is 19.1 Å². The van der Waals surface area contributed by atoms with Crippen molar-refractivity contribution in [3.8, 4) is 5.75 Å². The molecule has 0 unspecified atom stereocenters. The van der Waals surface area contributed by atoms with E-state index in [1.807, 2.05) is 12.1 Å². The number of esters is 3. The van der Waals surface area contributed by atoms with Crippen LogP contribution in [0.15, 0.2) is 98.0 Å². The minimum atomic E-state index is -0.601. The quantitative estimate of drug-likeness (QED) is 0.107. The lowest BCUT2D eigenvalue weighted by molar-refractivity contribution is -0.138. The number of rotatable bonds is 12. The average molecular weight is 462 g/mol. The van der Waals surface area contributed by atoms with E-state index in [0.29, 0.717) is 24.3 Å². The second-order valence-corrected chi connectivity index (χ2v) is 7.12. The molecule has 0 heterocycles. The molecule has 0 atom stereocenters. The van der Waals surface area contributed by atoms with Crippen LogP contribution < -0.4 is 4.74 Å². The summed E-state index contributed by atoms with van der Waals surface area (Å²) in [4.78, 5) is 34.9. The molecule has 2 aromatic rings. The van der Waals surface area contributed by atoms with Crippen LogP contribution in [0.4, 0.5) is 0 Å². The normalized spacial score (nSPS) is 10.4. The highest BCUT2D eigenvalue weighted by atomic mass is 16.5. The van der Waals surface area contributed by atoms with E-state index in [2.05, 4.69) is 26.3 Å². The van der Waals surface area contributed by atoms with Gasteiger partial charge < -0.3 is 18.9 Å². The maximum atomic E-state index is 12.4. The molecule has 2 rings (SSSR count). The first-order valence-electron chi connectivity index (χ1n) is 10.3. The molecule has 7 nitrogen and oxygen atoms in total. The maximum Gasteiger partial charge on any atom is 0.343 e. The van der Waals surface area contributed by atoms with Crippen molar-refractivity contribution in [1.82, 2.24) is 0 Å². The summed E-state index contributed by atoms with van der Waals surface area (Å²) in [7, 11) is 0. The van der Waals surface area contributed by atoms with Gasteiger partial charge in [-0.1, -0.05) is 38.4 Å². The Kier molecular flexibility index (Phi) is 9.58. The number of benzene rings is 2. The van der Waals surface area contributed by atoms with Crippen molar-refractivity contribution in [2.24, 2.45) is 0 Å². The van der Waals surface area contributed by atoms with Crippen molar-refractivity contribution in [1.29, 1.82) is 0 Å². The van der Waals surface area contributed by atoms with Gasteiger partial charge in [-0.2, -0.15) is 0 Å². The topological polar surface area (TPSA) is 88.1 Å². The lowest BCUT2D eigenvalue weighted by atomic mass is 10.1. The second kappa shape index (κ2) is 12.6. The fourth-order valence-corrected chi connectivity index (χ4v) is 2.56. The molecule has 0 aliphatic rings. The molecular weight excluding hydrogens is 436 g/mol. The number of hydrogen-bond donors (Lipinski definition) is 0. The molecule has 0 saturated carbocycles.